The van der Waals surface area contributed by atoms with Gasteiger partial charge in [-0.15, -0.1) is 0 Å². The van der Waals surface area contributed by atoms with Crippen LogP contribution in [0.4, 0.5) is 13.2 Å². The van der Waals surface area contributed by atoms with Gasteiger partial charge in [0, 0.05) is 27.6 Å². The molecule has 0 saturated carbocycles. The van der Waals surface area contributed by atoms with Crippen molar-refractivity contribution in [2.75, 3.05) is 0 Å². The molecule has 7 aromatic rings. The number of para-hydroxylation sites is 1. The molecule has 4 aromatic carbocycles. The normalized spacial score (nSPS) is 13.2. The minimum atomic E-state index is -4.30. The number of aryl methyl sites for hydroxylation is 2. The van der Waals surface area contributed by atoms with E-state index in [1.165, 1.54) is 41.3 Å². The first kappa shape index (κ1) is 26.8. The SMILES string of the molecule is Cc1c(-c2c3c(cc[n+]2C)c2ccc(CC(C)(C)C(F)(F)F)c4c5ccccc5n3c24)cc(C(C)C)c2ccccc12. The van der Waals surface area contributed by atoms with E-state index >= 15 is 0 Å². The van der Waals surface area contributed by atoms with E-state index in [1.54, 1.807) is 0 Å². The Bertz CT molecular complexity index is 2180. The Kier molecular flexibility index (Phi) is 5.69. The highest BCUT2D eigenvalue weighted by Gasteiger charge is 2.47. The number of pyridine rings is 1. The topological polar surface area (TPSA) is 8.29 Å². The zero-order chi connectivity index (χ0) is 29.7. The number of nitrogens with zero attached hydrogens (tertiary/aromatic N) is 2. The van der Waals surface area contributed by atoms with Crippen LogP contribution in [-0.4, -0.2) is 10.6 Å². The zero-order valence-corrected chi connectivity index (χ0v) is 24.8. The Morgan fingerprint density at radius 2 is 1.43 bits per heavy atom. The summed E-state index contributed by atoms with van der Waals surface area (Å²) >= 11 is 0. The molecular formula is C37H34F3N2+. The molecule has 0 amide bonds. The standard InChI is InChI=1S/C37H34F3N2/c1-21(2)29-19-30(22(3)24-11-7-8-12-25(24)29)34-35-27(17-18-41(34)6)26-16-15-23(20-36(4,5)37(38,39)40)32-28-13-9-10-14-31(28)42(35)33(26)32/h7-19,21H,20H2,1-6H3/q+1. The molecule has 0 fully saturated rings. The van der Waals surface area contributed by atoms with E-state index < -0.39 is 11.6 Å². The van der Waals surface area contributed by atoms with Crippen LogP contribution < -0.4 is 4.57 Å². The van der Waals surface area contributed by atoms with Gasteiger partial charge in [-0.05, 0) is 58.9 Å². The third-order valence-corrected chi connectivity index (χ3v) is 9.34. The maximum absolute atomic E-state index is 14.1. The fraction of sp³-hybridized carbons (Fsp3) is 0.270. The number of aromatic nitrogens is 2. The first-order chi connectivity index (χ1) is 19.9. The molecular weight excluding hydrogens is 529 g/mol. The molecule has 0 atom stereocenters. The van der Waals surface area contributed by atoms with Crippen molar-refractivity contribution in [3.8, 4) is 11.3 Å². The highest BCUT2D eigenvalue weighted by atomic mass is 19.4. The van der Waals surface area contributed by atoms with Gasteiger partial charge in [0.05, 0.1) is 22.0 Å². The molecule has 2 nitrogen and oxygen atoms in total. The molecule has 0 N–H and O–H groups in total. The van der Waals surface area contributed by atoms with Gasteiger partial charge < -0.3 is 4.40 Å². The highest BCUT2D eigenvalue weighted by molar-refractivity contribution is 6.25. The largest absolute Gasteiger partial charge is 0.394 e. The fourth-order valence-electron chi connectivity index (χ4n) is 7.01. The van der Waals surface area contributed by atoms with Crippen molar-refractivity contribution in [2.45, 2.75) is 53.1 Å². The Morgan fingerprint density at radius 3 is 2.12 bits per heavy atom. The average molecular weight is 564 g/mol. The van der Waals surface area contributed by atoms with Gasteiger partial charge in [0.1, 0.15) is 12.6 Å². The van der Waals surface area contributed by atoms with E-state index in [-0.39, 0.29) is 6.42 Å². The third-order valence-electron chi connectivity index (χ3n) is 9.34. The van der Waals surface area contributed by atoms with Crippen LogP contribution in [0.2, 0.25) is 0 Å². The zero-order valence-electron chi connectivity index (χ0n) is 24.8. The predicted molar refractivity (Wildman–Crippen MR) is 168 cm³/mol. The lowest BCUT2D eigenvalue weighted by Gasteiger charge is -2.28. The van der Waals surface area contributed by atoms with Crippen molar-refractivity contribution in [3.05, 3.63) is 95.7 Å². The third kappa shape index (κ3) is 3.62. The second-order valence-electron chi connectivity index (χ2n) is 12.8. The van der Waals surface area contributed by atoms with Gasteiger partial charge in [-0.2, -0.15) is 17.7 Å². The molecule has 42 heavy (non-hydrogen) atoms. The fourth-order valence-corrected chi connectivity index (χ4v) is 7.01. The van der Waals surface area contributed by atoms with Crippen molar-refractivity contribution < 1.29 is 17.7 Å². The van der Waals surface area contributed by atoms with Gasteiger partial charge >= 0.3 is 6.18 Å². The number of rotatable bonds is 4. The minimum Gasteiger partial charge on any atom is -0.302 e. The molecule has 0 saturated heterocycles. The first-order valence-corrected chi connectivity index (χ1v) is 14.6. The summed E-state index contributed by atoms with van der Waals surface area (Å²) in [6.45, 7) is 9.27. The molecule has 3 aromatic heterocycles. The van der Waals surface area contributed by atoms with E-state index in [4.69, 9.17) is 0 Å². The summed E-state index contributed by atoms with van der Waals surface area (Å²) in [5, 5.41) is 6.60. The highest BCUT2D eigenvalue weighted by Crippen LogP contribution is 2.47. The van der Waals surface area contributed by atoms with Crippen LogP contribution in [0.25, 0.3) is 60.1 Å². The monoisotopic (exact) mass is 563 g/mol. The molecule has 3 heterocycles. The van der Waals surface area contributed by atoms with Crippen LogP contribution in [0.15, 0.2) is 79.0 Å². The lowest BCUT2D eigenvalue weighted by atomic mass is 9.83. The summed E-state index contributed by atoms with van der Waals surface area (Å²) in [7, 11) is 2.09. The van der Waals surface area contributed by atoms with Crippen LogP contribution in [0.3, 0.4) is 0 Å². The van der Waals surface area contributed by atoms with Crippen LogP contribution in [0.1, 0.15) is 50.3 Å². The number of hydrogen-bond acceptors (Lipinski definition) is 0. The molecule has 0 aliphatic heterocycles. The molecule has 5 heteroatoms. The Balaban J connectivity index is 1.65. The van der Waals surface area contributed by atoms with Crippen LogP contribution in [-0.2, 0) is 13.5 Å². The van der Waals surface area contributed by atoms with Gasteiger partial charge in [0.15, 0.2) is 6.20 Å². The van der Waals surface area contributed by atoms with Gasteiger partial charge in [0.2, 0.25) is 5.69 Å². The Labute approximate surface area is 243 Å². The van der Waals surface area contributed by atoms with E-state index in [2.05, 4.69) is 85.4 Å². The van der Waals surface area contributed by atoms with Crippen molar-refractivity contribution in [1.29, 1.82) is 0 Å². The van der Waals surface area contributed by atoms with E-state index in [0.29, 0.717) is 5.92 Å². The average Bonchev–Trinajstić information content (AvgIpc) is 3.45. The number of benzene rings is 4. The first-order valence-electron chi connectivity index (χ1n) is 14.6. The van der Waals surface area contributed by atoms with Crippen molar-refractivity contribution in [1.82, 2.24) is 4.40 Å². The second-order valence-corrected chi connectivity index (χ2v) is 12.8. The molecule has 212 valence electrons. The van der Waals surface area contributed by atoms with Crippen molar-refractivity contribution >= 4 is 48.9 Å². The maximum atomic E-state index is 14.1. The van der Waals surface area contributed by atoms with Gasteiger partial charge in [-0.25, -0.2) is 0 Å². The molecule has 0 aliphatic carbocycles. The summed E-state index contributed by atoms with van der Waals surface area (Å²) in [5.41, 5.74) is 6.78. The maximum Gasteiger partial charge on any atom is 0.394 e. The molecule has 0 bridgehead atoms. The Morgan fingerprint density at radius 1 is 0.786 bits per heavy atom. The summed E-state index contributed by atoms with van der Waals surface area (Å²) in [5.74, 6) is 0.340. The smallest absolute Gasteiger partial charge is 0.302 e. The number of alkyl halides is 3. The number of fused-ring (bicyclic) bond motifs is 7. The summed E-state index contributed by atoms with van der Waals surface area (Å²) in [6.07, 6.45) is -2.28. The number of halogens is 3. The van der Waals surface area contributed by atoms with Crippen molar-refractivity contribution in [3.63, 3.8) is 0 Å². The Hall–Kier alpha value is -4.12. The summed E-state index contributed by atoms with van der Waals surface area (Å²) in [4.78, 5) is 0. The summed E-state index contributed by atoms with van der Waals surface area (Å²) < 4.78 is 46.7. The molecule has 0 unspecified atom stereocenters. The van der Waals surface area contributed by atoms with Crippen LogP contribution in [0.5, 0.6) is 0 Å². The minimum absolute atomic E-state index is 0.0835. The van der Waals surface area contributed by atoms with Gasteiger partial charge in [-0.3, -0.25) is 0 Å². The molecule has 0 aliphatic rings. The van der Waals surface area contributed by atoms with Crippen molar-refractivity contribution in [2.24, 2.45) is 12.5 Å². The second kappa shape index (κ2) is 8.94. The predicted octanol–water partition coefficient (Wildman–Crippen LogP) is 10.0. The molecule has 0 spiro atoms. The van der Waals surface area contributed by atoms with E-state index in [0.717, 1.165) is 49.4 Å². The number of hydrogen-bond donors (Lipinski definition) is 0. The quantitative estimate of drug-likeness (QED) is 0.188. The van der Waals surface area contributed by atoms with E-state index in [9.17, 15) is 13.2 Å². The van der Waals surface area contributed by atoms with Crippen LogP contribution in [0, 0.1) is 12.3 Å². The molecule has 7 rings (SSSR count). The van der Waals surface area contributed by atoms with Crippen LogP contribution >= 0.6 is 0 Å². The summed E-state index contributed by atoms with van der Waals surface area (Å²) in [6, 6.07) is 25.2. The van der Waals surface area contributed by atoms with Gasteiger partial charge in [0.25, 0.3) is 0 Å². The van der Waals surface area contributed by atoms with Gasteiger partial charge in [-0.1, -0.05) is 82.3 Å². The van der Waals surface area contributed by atoms with E-state index in [1.807, 2.05) is 30.3 Å². The molecule has 0 radical (unpaired) electrons. The lowest BCUT2D eigenvalue weighted by Crippen LogP contribution is -2.34. The lowest BCUT2D eigenvalue weighted by molar-refractivity contribution is -0.659.